The van der Waals surface area contributed by atoms with E-state index in [0.29, 0.717) is 17.3 Å². The highest BCUT2D eigenvalue weighted by molar-refractivity contribution is 7.99. The second kappa shape index (κ2) is 4.58. The lowest BCUT2D eigenvalue weighted by Crippen LogP contribution is -2.04. The maximum atomic E-state index is 10.3. The number of thioether (sulfide) groups is 1. The third-order valence-corrected chi connectivity index (χ3v) is 2.95. The van der Waals surface area contributed by atoms with Gasteiger partial charge in [-0.05, 0) is 6.42 Å². The van der Waals surface area contributed by atoms with E-state index in [1.807, 2.05) is 0 Å². The van der Waals surface area contributed by atoms with Crippen molar-refractivity contribution in [2.75, 3.05) is 11.5 Å². The Kier molecular flexibility index (Phi) is 3.70. The van der Waals surface area contributed by atoms with Gasteiger partial charge in [-0.3, -0.25) is 9.65 Å². The summed E-state index contributed by atoms with van der Waals surface area (Å²) in [5.74, 6) is 0.364. The quantitative estimate of drug-likeness (QED) is 0.420. The van der Waals surface area contributed by atoms with Gasteiger partial charge >= 0.3 is 0 Å². The largest absolute Gasteiger partial charge is 0.286 e. The van der Waals surface area contributed by atoms with E-state index in [9.17, 15) is 8.42 Å². The zero-order valence-electron chi connectivity index (χ0n) is 6.67. The van der Waals surface area contributed by atoms with Crippen molar-refractivity contribution in [3.05, 3.63) is 6.33 Å². The van der Waals surface area contributed by atoms with Crippen LogP contribution >= 0.6 is 11.8 Å². The van der Waals surface area contributed by atoms with Crippen molar-refractivity contribution in [2.24, 2.45) is 0 Å². The third-order valence-electron chi connectivity index (χ3n) is 1.18. The maximum absolute atomic E-state index is 10.3. The summed E-state index contributed by atoms with van der Waals surface area (Å²) in [5, 5.41) is 6.90. The lowest BCUT2D eigenvalue weighted by molar-refractivity contribution is 0.482. The number of nitrogens with one attached hydrogen (secondary N) is 1. The van der Waals surface area contributed by atoms with Crippen molar-refractivity contribution in [1.82, 2.24) is 15.2 Å². The predicted octanol–water partition coefficient (Wildman–Crippen LogP) is 0.175. The average Bonchev–Trinajstić information content (AvgIpc) is 2.48. The van der Waals surface area contributed by atoms with Crippen molar-refractivity contribution in [3.8, 4) is 0 Å². The topological polar surface area (TPSA) is 95.9 Å². The second-order valence-electron chi connectivity index (χ2n) is 2.28. The Labute approximate surface area is 79.9 Å². The molecule has 0 spiro atoms. The minimum absolute atomic E-state index is 0.214. The highest BCUT2D eigenvalue weighted by Gasteiger charge is 2.04. The molecule has 0 aromatic carbocycles. The van der Waals surface area contributed by atoms with E-state index in [1.165, 1.54) is 18.1 Å². The lowest BCUT2D eigenvalue weighted by Gasteiger charge is -1.95. The average molecular weight is 223 g/mol. The van der Waals surface area contributed by atoms with E-state index in [4.69, 9.17) is 4.55 Å². The first-order valence-electron chi connectivity index (χ1n) is 3.51. The molecule has 0 saturated heterocycles. The molecule has 0 unspecified atom stereocenters. The zero-order valence-corrected chi connectivity index (χ0v) is 8.31. The van der Waals surface area contributed by atoms with E-state index >= 15 is 0 Å². The van der Waals surface area contributed by atoms with Gasteiger partial charge in [0.25, 0.3) is 10.1 Å². The van der Waals surface area contributed by atoms with Crippen LogP contribution in [0.25, 0.3) is 0 Å². The molecule has 0 bridgehead atoms. The second-order valence-corrected chi connectivity index (χ2v) is 4.93. The summed E-state index contributed by atoms with van der Waals surface area (Å²) in [7, 11) is -3.82. The number of nitrogens with zero attached hydrogens (tertiary/aromatic N) is 2. The third kappa shape index (κ3) is 4.86. The van der Waals surface area contributed by atoms with E-state index in [1.54, 1.807) is 0 Å². The van der Waals surface area contributed by atoms with Crippen molar-refractivity contribution in [2.45, 2.75) is 11.6 Å². The Balaban J connectivity index is 2.16. The minimum Gasteiger partial charge on any atom is -0.286 e. The molecule has 13 heavy (non-hydrogen) atoms. The zero-order chi connectivity index (χ0) is 9.73. The van der Waals surface area contributed by atoms with Gasteiger partial charge in [-0.15, -0.1) is 0 Å². The summed E-state index contributed by atoms with van der Waals surface area (Å²) in [6.45, 7) is 0. The smallest absolute Gasteiger partial charge is 0.264 e. The van der Waals surface area contributed by atoms with Gasteiger partial charge < -0.3 is 0 Å². The number of aromatic nitrogens is 3. The van der Waals surface area contributed by atoms with E-state index in [0.717, 1.165) is 0 Å². The number of rotatable bonds is 5. The van der Waals surface area contributed by atoms with Gasteiger partial charge in [-0.25, -0.2) is 4.98 Å². The monoisotopic (exact) mass is 223 g/mol. The van der Waals surface area contributed by atoms with Crippen LogP contribution in [-0.2, 0) is 10.1 Å². The fourth-order valence-corrected chi connectivity index (χ4v) is 2.09. The molecule has 1 aromatic heterocycles. The Morgan fingerprint density at radius 3 is 2.92 bits per heavy atom. The van der Waals surface area contributed by atoms with Crippen molar-refractivity contribution in [1.29, 1.82) is 0 Å². The minimum atomic E-state index is -3.82. The Bertz CT molecular complexity index is 334. The molecular formula is C5H9N3O3S2. The molecule has 0 radical (unpaired) electrons. The molecule has 0 saturated carbocycles. The summed E-state index contributed by atoms with van der Waals surface area (Å²) < 4.78 is 29.0. The van der Waals surface area contributed by atoms with Crippen LogP contribution in [0, 0.1) is 0 Å². The summed E-state index contributed by atoms with van der Waals surface area (Å²) in [6.07, 6.45) is 1.77. The Hall–Kier alpha value is -0.600. The van der Waals surface area contributed by atoms with Gasteiger partial charge in [-0.2, -0.15) is 13.5 Å². The Morgan fingerprint density at radius 1 is 1.62 bits per heavy atom. The number of aromatic amines is 1. The van der Waals surface area contributed by atoms with E-state index < -0.39 is 10.1 Å². The number of hydrogen-bond acceptors (Lipinski definition) is 5. The molecule has 1 rings (SSSR count). The van der Waals surface area contributed by atoms with Crippen LogP contribution in [0.5, 0.6) is 0 Å². The maximum Gasteiger partial charge on any atom is 0.264 e. The number of H-pyrrole nitrogens is 1. The van der Waals surface area contributed by atoms with Gasteiger partial charge in [-0.1, -0.05) is 11.8 Å². The first kappa shape index (κ1) is 10.5. The van der Waals surface area contributed by atoms with Crippen LogP contribution in [0.1, 0.15) is 6.42 Å². The molecule has 0 aliphatic heterocycles. The molecule has 6 nitrogen and oxygen atoms in total. The first-order valence-corrected chi connectivity index (χ1v) is 6.11. The van der Waals surface area contributed by atoms with Crippen molar-refractivity contribution >= 4 is 21.9 Å². The van der Waals surface area contributed by atoms with Crippen molar-refractivity contribution < 1.29 is 13.0 Å². The van der Waals surface area contributed by atoms with Crippen molar-refractivity contribution in [3.63, 3.8) is 0 Å². The summed E-state index contributed by atoms with van der Waals surface area (Å²) >= 11 is 1.36. The molecule has 0 aliphatic carbocycles. The summed E-state index contributed by atoms with van der Waals surface area (Å²) in [4.78, 5) is 3.83. The normalized spacial score (nSPS) is 11.8. The lowest BCUT2D eigenvalue weighted by atomic mass is 10.6. The van der Waals surface area contributed by atoms with E-state index in [2.05, 4.69) is 15.2 Å². The SMILES string of the molecule is O=S(=O)(O)CCCSc1ncn[nH]1. The molecule has 74 valence electrons. The molecule has 1 heterocycles. The van der Waals surface area contributed by atoms with Gasteiger partial charge in [0.1, 0.15) is 6.33 Å². The molecule has 1 aromatic rings. The standard InChI is InChI=1S/C5H9N3O3S2/c9-13(10,11)3-1-2-12-5-6-4-7-8-5/h4H,1-3H2,(H,6,7,8)(H,9,10,11). The summed E-state index contributed by atoms with van der Waals surface area (Å²) in [6, 6.07) is 0. The van der Waals surface area contributed by atoms with Crippen LogP contribution < -0.4 is 0 Å². The first-order chi connectivity index (χ1) is 6.08. The molecular weight excluding hydrogens is 214 g/mol. The predicted molar refractivity (Wildman–Crippen MR) is 48.1 cm³/mol. The molecule has 2 N–H and O–H groups in total. The van der Waals surface area contributed by atoms with Crippen LogP contribution in [-0.4, -0.2) is 39.7 Å². The summed E-state index contributed by atoms with van der Waals surface area (Å²) in [5.41, 5.74) is 0. The van der Waals surface area contributed by atoms with Gasteiger partial charge in [0, 0.05) is 5.75 Å². The number of hydrogen-bond donors (Lipinski definition) is 2. The molecule has 0 fully saturated rings. The fourth-order valence-electron chi connectivity index (χ4n) is 0.674. The Morgan fingerprint density at radius 2 is 2.38 bits per heavy atom. The molecule has 0 atom stereocenters. The molecule has 0 amide bonds. The van der Waals surface area contributed by atoms with Gasteiger partial charge in [0.2, 0.25) is 0 Å². The van der Waals surface area contributed by atoms with Crippen LogP contribution in [0.3, 0.4) is 0 Å². The van der Waals surface area contributed by atoms with Gasteiger partial charge in [0.05, 0.1) is 5.75 Å². The van der Waals surface area contributed by atoms with Crippen LogP contribution in [0.15, 0.2) is 11.5 Å². The van der Waals surface area contributed by atoms with Crippen LogP contribution in [0.2, 0.25) is 0 Å². The molecule has 8 heteroatoms. The fraction of sp³-hybridized carbons (Fsp3) is 0.600. The molecule has 0 aliphatic rings. The highest BCUT2D eigenvalue weighted by Crippen LogP contribution is 2.11. The van der Waals surface area contributed by atoms with Crippen LogP contribution in [0.4, 0.5) is 0 Å². The van der Waals surface area contributed by atoms with E-state index in [-0.39, 0.29) is 5.75 Å². The van der Waals surface area contributed by atoms with Gasteiger partial charge in [0.15, 0.2) is 5.16 Å². The highest BCUT2D eigenvalue weighted by atomic mass is 32.2.